The number of para-hydroxylation sites is 1. The van der Waals surface area contributed by atoms with Gasteiger partial charge in [0.15, 0.2) is 11.3 Å². The molecule has 0 saturated heterocycles. The lowest BCUT2D eigenvalue weighted by molar-refractivity contribution is -0.0510. The van der Waals surface area contributed by atoms with Crippen LogP contribution in [0.3, 0.4) is 0 Å². The van der Waals surface area contributed by atoms with E-state index in [0.29, 0.717) is 5.56 Å². The molecular weight excluding hydrogens is 352 g/mol. The van der Waals surface area contributed by atoms with Crippen LogP contribution in [0.2, 0.25) is 0 Å². The normalized spacial score (nSPS) is 13.2. The summed E-state index contributed by atoms with van der Waals surface area (Å²) in [5, 5.41) is 40.6. The van der Waals surface area contributed by atoms with Gasteiger partial charge in [-0.1, -0.05) is 6.07 Å². The first-order chi connectivity index (χ1) is 12.6. The first-order valence-corrected chi connectivity index (χ1v) is 8.53. The lowest BCUT2D eigenvalue weighted by Crippen LogP contribution is -2.36. The summed E-state index contributed by atoms with van der Waals surface area (Å²) in [4.78, 5) is 12.8. The topological polar surface area (TPSA) is 120 Å². The molecule has 1 aromatic heterocycles. The van der Waals surface area contributed by atoms with Crippen LogP contribution in [-0.2, 0) is 6.42 Å². The largest absolute Gasteiger partial charge is 0.507 e. The second-order valence-corrected chi connectivity index (χ2v) is 7.07. The summed E-state index contributed by atoms with van der Waals surface area (Å²) in [7, 11) is 1.41. The van der Waals surface area contributed by atoms with E-state index in [9.17, 15) is 25.2 Å². The van der Waals surface area contributed by atoms with Gasteiger partial charge in [0, 0.05) is 11.6 Å². The van der Waals surface area contributed by atoms with Crippen molar-refractivity contribution in [1.29, 1.82) is 0 Å². The number of aryl methyl sites for hydroxylation is 1. The van der Waals surface area contributed by atoms with Crippen LogP contribution in [0.4, 0.5) is 0 Å². The van der Waals surface area contributed by atoms with Crippen LogP contribution in [0.25, 0.3) is 21.9 Å². The maximum absolute atomic E-state index is 12.8. The molecule has 7 heteroatoms. The van der Waals surface area contributed by atoms with Crippen LogP contribution in [0.5, 0.6) is 17.2 Å². The fourth-order valence-electron chi connectivity index (χ4n) is 3.10. The first-order valence-electron chi connectivity index (χ1n) is 8.53. The molecule has 0 fully saturated rings. The van der Waals surface area contributed by atoms with Gasteiger partial charge in [-0.3, -0.25) is 4.79 Å². The summed E-state index contributed by atoms with van der Waals surface area (Å²) in [5.74, 6) is -0.218. The molecule has 3 rings (SSSR count). The van der Waals surface area contributed by atoms with Gasteiger partial charge in [-0.25, -0.2) is 0 Å². The molecule has 7 nitrogen and oxygen atoms in total. The van der Waals surface area contributed by atoms with Gasteiger partial charge in [0.2, 0.25) is 5.43 Å². The maximum atomic E-state index is 12.8. The average Bonchev–Trinajstić information content (AvgIpc) is 2.60. The van der Waals surface area contributed by atoms with E-state index in [0.717, 1.165) is 0 Å². The molecule has 1 unspecified atom stereocenters. The Labute approximate surface area is 155 Å². The Morgan fingerprint density at radius 1 is 1.19 bits per heavy atom. The molecule has 0 aliphatic carbocycles. The first kappa shape index (κ1) is 19.0. The van der Waals surface area contributed by atoms with Crippen molar-refractivity contribution in [2.45, 2.75) is 38.4 Å². The highest BCUT2D eigenvalue weighted by Gasteiger charge is 2.26. The molecule has 4 N–H and O–H groups in total. The van der Waals surface area contributed by atoms with Gasteiger partial charge in [-0.05, 0) is 38.8 Å². The lowest BCUT2D eigenvalue weighted by atomic mass is 9.94. The molecule has 0 bridgehead atoms. The molecule has 0 spiro atoms. The van der Waals surface area contributed by atoms with E-state index < -0.39 is 17.1 Å². The zero-order valence-corrected chi connectivity index (χ0v) is 15.3. The number of hydrogen-bond donors (Lipinski definition) is 4. The SMILES string of the molecule is COc1cc(O)c2c(=O)c3cccc(O)c3oc2c1CCC(O)C(C)(C)O. The Hall–Kier alpha value is -2.77. The van der Waals surface area contributed by atoms with Crippen LogP contribution in [-0.4, -0.2) is 39.2 Å². The minimum absolute atomic E-state index is 0.00643. The van der Waals surface area contributed by atoms with Gasteiger partial charge >= 0.3 is 0 Å². The third-order valence-corrected chi connectivity index (χ3v) is 4.70. The van der Waals surface area contributed by atoms with Gasteiger partial charge in [0.1, 0.15) is 22.5 Å². The number of phenols is 2. The summed E-state index contributed by atoms with van der Waals surface area (Å²) >= 11 is 0. The summed E-state index contributed by atoms with van der Waals surface area (Å²) in [6, 6.07) is 5.73. The fourth-order valence-corrected chi connectivity index (χ4v) is 3.10. The molecule has 0 saturated carbocycles. The molecular formula is C20H22O7. The maximum Gasteiger partial charge on any atom is 0.204 e. The van der Waals surface area contributed by atoms with Crippen molar-refractivity contribution in [2.24, 2.45) is 0 Å². The Balaban J connectivity index is 2.28. The number of ether oxygens (including phenoxy) is 1. The summed E-state index contributed by atoms with van der Waals surface area (Å²) in [6.45, 7) is 2.99. The minimum Gasteiger partial charge on any atom is -0.507 e. The predicted molar refractivity (Wildman–Crippen MR) is 100 cm³/mol. The molecule has 1 heterocycles. The highest BCUT2D eigenvalue weighted by atomic mass is 16.5. The van der Waals surface area contributed by atoms with Crippen LogP contribution < -0.4 is 10.2 Å². The van der Waals surface area contributed by atoms with Crippen LogP contribution in [0.1, 0.15) is 25.8 Å². The van der Waals surface area contributed by atoms with E-state index in [1.807, 2.05) is 0 Å². The van der Waals surface area contributed by atoms with Gasteiger partial charge < -0.3 is 29.6 Å². The zero-order valence-electron chi connectivity index (χ0n) is 15.3. The molecule has 0 amide bonds. The van der Waals surface area contributed by atoms with Crippen LogP contribution >= 0.6 is 0 Å². The highest BCUT2D eigenvalue weighted by molar-refractivity contribution is 5.97. The van der Waals surface area contributed by atoms with Gasteiger partial charge in [-0.15, -0.1) is 0 Å². The van der Waals surface area contributed by atoms with E-state index in [-0.39, 0.29) is 52.0 Å². The number of aliphatic hydroxyl groups excluding tert-OH is 1. The zero-order chi connectivity index (χ0) is 19.9. The molecule has 0 aliphatic heterocycles. The van der Waals surface area contributed by atoms with E-state index in [4.69, 9.17) is 9.15 Å². The van der Waals surface area contributed by atoms with Crippen molar-refractivity contribution in [1.82, 2.24) is 0 Å². The monoisotopic (exact) mass is 374 g/mol. The van der Waals surface area contributed by atoms with Crippen molar-refractivity contribution in [3.63, 3.8) is 0 Å². The van der Waals surface area contributed by atoms with E-state index in [1.165, 1.54) is 45.2 Å². The lowest BCUT2D eigenvalue weighted by Gasteiger charge is -2.24. The number of fused-ring (bicyclic) bond motifs is 2. The molecule has 3 aromatic rings. The van der Waals surface area contributed by atoms with Gasteiger partial charge in [-0.2, -0.15) is 0 Å². The summed E-state index contributed by atoms with van der Waals surface area (Å²) in [5.41, 5.74) is -1.24. The van der Waals surface area contributed by atoms with Gasteiger partial charge in [0.05, 0.1) is 24.2 Å². The number of methoxy groups -OCH3 is 1. The number of benzene rings is 2. The summed E-state index contributed by atoms with van der Waals surface area (Å²) in [6.07, 6.45) is -0.637. The number of hydrogen-bond acceptors (Lipinski definition) is 7. The molecule has 0 aliphatic rings. The van der Waals surface area contributed by atoms with Crippen LogP contribution in [0.15, 0.2) is 33.5 Å². The third kappa shape index (κ3) is 3.31. The van der Waals surface area contributed by atoms with E-state index in [2.05, 4.69) is 0 Å². The quantitative estimate of drug-likeness (QED) is 0.506. The van der Waals surface area contributed by atoms with Crippen LogP contribution in [0, 0.1) is 0 Å². The Kier molecular flexibility index (Phi) is 4.75. The van der Waals surface area contributed by atoms with E-state index >= 15 is 0 Å². The Morgan fingerprint density at radius 3 is 2.52 bits per heavy atom. The van der Waals surface area contributed by atoms with Crippen molar-refractivity contribution in [2.75, 3.05) is 7.11 Å². The molecule has 0 radical (unpaired) electrons. The summed E-state index contributed by atoms with van der Waals surface area (Å²) < 4.78 is 11.1. The van der Waals surface area contributed by atoms with Crippen molar-refractivity contribution in [3.8, 4) is 17.2 Å². The molecule has 2 aromatic carbocycles. The smallest absolute Gasteiger partial charge is 0.204 e. The molecule has 1 atom stereocenters. The third-order valence-electron chi connectivity index (χ3n) is 4.70. The Morgan fingerprint density at radius 2 is 1.89 bits per heavy atom. The number of aliphatic hydroxyl groups is 2. The second-order valence-electron chi connectivity index (χ2n) is 7.07. The van der Waals surface area contributed by atoms with Crippen molar-refractivity contribution < 1.29 is 29.6 Å². The second kappa shape index (κ2) is 6.75. The van der Waals surface area contributed by atoms with Gasteiger partial charge in [0.25, 0.3) is 0 Å². The number of phenolic OH excluding ortho intramolecular Hbond substituents is 2. The number of rotatable bonds is 5. The molecule has 27 heavy (non-hydrogen) atoms. The number of aromatic hydroxyl groups is 2. The molecule has 144 valence electrons. The van der Waals surface area contributed by atoms with Crippen molar-refractivity contribution >= 4 is 21.9 Å². The van der Waals surface area contributed by atoms with E-state index in [1.54, 1.807) is 0 Å². The Bertz CT molecular complexity index is 1060. The average molecular weight is 374 g/mol. The predicted octanol–water partition coefficient (Wildman–Crippen LogP) is 2.43. The standard InChI is InChI=1S/C20H22O7/c1-20(2,25)15(23)8-7-10-14(26-3)9-13(22)16-17(24)11-5-4-6-12(21)18(11)27-19(10)16/h4-6,9,15,21-23,25H,7-8H2,1-3H3. The minimum atomic E-state index is -1.30. The fraction of sp³-hybridized carbons (Fsp3) is 0.350. The van der Waals surface area contributed by atoms with Crippen molar-refractivity contribution in [3.05, 3.63) is 40.1 Å². The highest BCUT2D eigenvalue weighted by Crippen LogP contribution is 2.37.